The van der Waals surface area contributed by atoms with Gasteiger partial charge in [0.25, 0.3) is 0 Å². The second-order valence-electron chi connectivity index (χ2n) is 3.64. The lowest BCUT2D eigenvalue weighted by atomic mass is 10.2. The molecule has 0 radical (unpaired) electrons. The van der Waals surface area contributed by atoms with Gasteiger partial charge in [-0.05, 0) is 6.42 Å². The van der Waals surface area contributed by atoms with Gasteiger partial charge >= 0.3 is 0 Å². The average molecular weight is 244 g/mol. The van der Waals surface area contributed by atoms with Gasteiger partial charge in [0.15, 0.2) is 0 Å². The number of aromatic nitrogens is 2. The van der Waals surface area contributed by atoms with E-state index in [1.807, 2.05) is 0 Å². The maximum atomic E-state index is 8.98. The van der Waals surface area contributed by atoms with Gasteiger partial charge in [-0.1, -0.05) is 11.6 Å². The fourth-order valence-electron chi connectivity index (χ4n) is 1.76. The monoisotopic (exact) mass is 243 g/mol. The van der Waals surface area contributed by atoms with E-state index in [-0.39, 0.29) is 12.6 Å². The number of aliphatic hydroxyl groups excluding tert-OH is 1. The van der Waals surface area contributed by atoms with Crippen LogP contribution in [0.3, 0.4) is 0 Å². The number of aliphatic hydroxyl groups is 1. The molecule has 1 fully saturated rings. The molecule has 6 heteroatoms. The van der Waals surface area contributed by atoms with E-state index in [0.717, 1.165) is 6.54 Å². The molecular formula is C10H14ClN3O2. The lowest BCUT2D eigenvalue weighted by Crippen LogP contribution is -2.46. The Balaban J connectivity index is 2.13. The van der Waals surface area contributed by atoms with Crippen LogP contribution in [0.25, 0.3) is 0 Å². The Morgan fingerprint density at radius 3 is 2.94 bits per heavy atom. The van der Waals surface area contributed by atoms with Crippen LogP contribution in [0.15, 0.2) is 12.4 Å². The predicted octanol–water partition coefficient (Wildman–Crippen LogP) is 0.718. The van der Waals surface area contributed by atoms with Crippen LogP contribution in [-0.2, 0) is 4.74 Å². The molecule has 16 heavy (non-hydrogen) atoms. The number of ether oxygens (including phenoxy) is 1. The van der Waals surface area contributed by atoms with E-state index in [4.69, 9.17) is 21.4 Å². The minimum atomic E-state index is 0.137. The van der Waals surface area contributed by atoms with E-state index in [0.29, 0.717) is 30.6 Å². The molecule has 0 aliphatic carbocycles. The summed E-state index contributed by atoms with van der Waals surface area (Å²) in [6.45, 7) is 2.14. The smallest absolute Gasteiger partial charge is 0.225 e. The molecule has 2 heterocycles. The van der Waals surface area contributed by atoms with E-state index in [1.54, 1.807) is 12.4 Å². The van der Waals surface area contributed by atoms with Crippen LogP contribution in [0.4, 0.5) is 5.95 Å². The van der Waals surface area contributed by atoms with Crippen molar-refractivity contribution >= 4 is 17.5 Å². The lowest BCUT2D eigenvalue weighted by Gasteiger charge is -2.35. The predicted molar refractivity (Wildman–Crippen MR) is 60.7 cm³/mol. The van der Waals surface area contributed by atoms with Gasteiger partial charge in [-0.2, -0.15) is 0 Å². The Morgan fingerprint density at radius 1 is 1.50 bits per heavy atom. The fourth-order valence-corrected chi connectivity index (χ4v) is 1.86. The third-order valence-corrected chi connectivity index (χ3v) is 2.75. The van der Waals surface area contributed by atoms with Crippen LogP contribution in [0.1, 0.15) is 6.42 Å². The van der Waals surface area contributed by atoms with Gasteiger partial charge in [0.1, 0.15) is 0 Å². The fraction of sp³-hybridized carbons (Fsp3) is 0.600. The zero-order valence-corrected chi connectivity index (χ0v) is 9.60. The van der Waals surface area contributed by atoms with Crippen molar-refractivity contribution in [2.45, 2.75) is 12.5 Å². The van der Waals surface area contributed by atoms with Crippen molar-refractivity contribution in [3.05, 3.63) is 17.4 Å². The van der Waals surface area contributed by atoms with Crippen molar-refractivity contribution < 1.29 is 9.84 Å². The van der Waals surface area contributed by atoms with Gasteiger partial charge in [0.2, 0.25) is 5.95 Å². The number of rotatable bonds is 3. The first-order valence-corrected chi connectivity index (χ1v) is 5.62. The van der Waals surface area contributed by atoms with Crippen molar-refractivity contribution in [2.24, 2.45) is 0 Å². The van der Waals surface area contributed by atoms with Crippen molar-refractivity contribution in [2.75, 3.05) is 31.3 Å². The molecular weight excluding hydrogens is 230 g/mol. The number of nitrogens with zero attached hydrogens (tertiary/aromatic N) is 3. The summed E-state index contributed by atoms with van der Waals surface area (Å²) in [6, 6.07) is 0.139. The summed E-state index contributed by atoms with van der Waals surface area (Å²) >= 11 is 5.74. The molecule has 0 bridgehead atoms. The summed E-state index contributed by atoms with van der Waals surface area (Å²) < 4.78 is 5.38. The number of halogens is 1. The molecule has 0 saturated carbocycles. The zero-order chi connectivity index (χ0) is 11.4. The van der Waals surface area contributed by atoms with E-state index >= 15 is 0 Å². The maximum Gasteiger partial charge on any atom is 0.225 e. The Kier molecular flexibility index (Phi) is 3.93. The highest BCUT2D eigenvalue weighted by atomic mass is 35.5. The van der Waals surface area contributed by atoms with Crippen LogP contribution in [0.5, 0.6) is 0 Å². The number of anilines is 1. The Morgan fingerprint density at radius 2 is 2.25 bits per heavy atom. The molecule has 0 amide bonds. The van der Waals surface area contributed by atoms with Gasteiger partial charge < -0.3 is 14.7 Å². The summed E-state index contributed by atoms with van der Waals surface area (Å²) in [7, 11) is 0. The minimum Gasteiger partial charge on any atom is -0.396 e. The molecule has 1 aliphatic rings. The van der Waals surface area contributed by atoms with Gasteiger partial charge in [0, 0.05) is 13.2 Å². The molecule has 1 atom stereocenters. The molecule has 1 aliphatic heterocycles. The lowest BCUT2D eigenvalue weighted by molar-refractivity contribution is 0.0841. The molecule has 88 valence electrons. The second kappa shape index (κ2) is 5.43. The molecule has 1 unspecified atom stereocenters. The van der Waals surface area contributed by atoms with E-state index in [9.17, 15) is 0 Å². The van der Waals surface area contributed by atoms with E-state index in [2.05, 4.69) is 14.9 Å². The van der Waals surface area contributed by atoms with E-state index < -0.39 is 0 Å². The summed E-state index contributed by atoms with van der Waals surface area (Å²) in [4.78, 5) is 10.4. The SMILES string of the molecule is OCCC1COCCN1c1ncc(Cl)cn1. The van der Waals surface area contributed by atoms with Crippen molar-refractivity contribution in [3.63, 3.8) is 0 Å². The van der Waals surface area contributed by atoms with Crippen molar-refractivity contribution in [1.29, 1.82) is 0 Å². The van der Waals surface area contributed by atoms with Crippen molar-refractivity contribution in [1.82, 2.24) is 9.97 Å². The molecule has 1 saturated heterocycles. The largest absolute Gasteiger partial charge is 0.396 e. The molecule has 0 aromatic carbocycles. The molecule has 1 N–H and O–H groups in total. The Labute approximate surface area is 99.0 Å². The molecule has 1 aromatic heterocycles. The number of hydrogen-bond donors (Lipinski definition) is 1. The third kappa shape index (κ3) is 2.61. The molecule has 0 spiro atoms. The minimum absolute atomic E-state index is 0.137. The first-order chi connectivity index (χ1) is 7.81. The van der Waals surface area contributed by atoms with Gasteiger partial charge in [-0.3, -0.25) is 0 Å². The maximum absolute atomic E-state index is 8.98. The Bertz CT molecular complexity index is 331. The highest BCUT2D eigenvalue weighted by molar-refractivity contribution is 6.30. The van der Waals surface area contributed by atoms with Crippen LogP contribution in [0.2, 0.25) is 5.02 Å². The molecule has 5 nitrogen and oxygen atoms in total. The highest BCUT2D eigenvalue weighted by Gasteiger charge is 2.24. The average Bonchev–Trinajstić information content (AvgIpc) is 2.32. The molecule has 1 aromatic rings. The first kappa shape index (κ1) is 11.6. The quantitative estimate of drug-likeness (QED) is 0.848. The Hall–Kier alpha value is -0.910. The van der Waals surface area contributed by atoms with E-state index in [1.165, 1.54) is 0 Å². The topological polar surface area (TPSA) is 58.5 Å². The third-order valence-electron chi connectivity index (χ3n) is 2.55. The normalized spacial score (nSPS) is 21.1. The summed E-state index contributed by atoms with van der Waals surface area (Å²) in [5.41, 5.74) is 0. The zero-order valence-electron chi connectivity index (χ0n) is 8.84. The van der Waals surface area contributed by atoms with Crippen LogP contribution >= 0.6 is 11.6 Å². The van der Waals surface area contributed by atoms with Crippen LogP contribution < -0.4 is 4.90 Å². The van der Waals surface area contributed by atoms with Gasteiger partial charge in [-0.15, -0.1) is 0 Å². The highest BCUT2D eigenvalue weighted by Crippen LogP contribution is 2.17. The van der Waals surface area contributed by atoms with Gasteiger partial charge in [-0.25, -0.2) is 9.97 Å². The van der Waals surface area contributed by atoms with Crippen LogP contribution in [-0.4, -0.2) is 47.5 Å². The molecule has 2 rings (SSSR count). The number of morpholine rings is 1. The van der Waals surface area contributed by atoms with Crippen molar-refractivity contribution in [3.8, 4) is 0 Å². The first-order valence-electron chi connectivity index (χ1n) is 5.24. The van der Waals surface area contributed by atoms with Gasteiger partial charge in [0.05, 0.1) is 36.7 Å². The number of hydrogen-bond acceptors (Lipinski definition) is 5. The summed E-state index contributed by atoms with van der Waals surface area (Å²) in [5.74, 6) is 0.645. The second-order valence-corrected chi connectivity index (χ2v) is 4.07. The standard InChI is InChI=1S/C10H14ClN3O2/c11-8-5-12-10(13-6-8)14-2-4-16-7-9(14)1-3-15/h5-6,9,15H,1-4,7H2. The van der Waals surface area contributed by atoms with Crippen LogP contribution in [0, 0.1) is 0 Å². The summed E-state index contributed by atoms with van der Waals surface area (Å²) in [6.07, 6.45) is 3.82. The summed E-state index contributed by atoms with van der Waals surface area (Å²) in [5, 5.41) is 9.51.